The van der Waals surface area contributed by atoms with E-state index < -0.39 is 30.7 Å². The van der Waals surface area contributed by atoms with Crippen LogP contribution >= 0.6 is 0 Å². The summed E-state index contributed by atoms with van der Waals surface area (Å²) < 4.78 is 30.9. The summed E-state index contributed by atoms with van der Waals surface area (Å²) in [5, 5.41) is 11.2. The highest BCUT2D eigenvalue weighted by Crippen LogP contribution is 2.29. The molecule has 6 nitrogen and oxygen atoms in total. The normalized spacial score (nSPS) is 24.2. The van der Waals surface area contributed by atoms with Gasteiger partial charge in [0, 0.05) is 0 Å². The minimum atomic E-state index is -1.03. The van der Waals surface area contributed by atoms with Crippen LogP contribution in [0.25, 0.3) is 0 Å². The lowest BCUT2D eigenvalue weighted by Crippen LogP contribution is -2.61. The van der Waals surface area contributed by atoms with Crippen molar-refractivity contribution in [2.75, 3.05) is 6.61 Å². The van der Waals surface area contributed by atoms with Crippen LogP contribution in [0.15, 0.2) is 91.0 Å². The Balaban J connectivity index is 1.52. The molecule has 1 saturated heterocycles. The van der Waals surface area contributed by atoms with Gasteiger partial charge >= 0.3 is 0 Å². The summed E-state index contributed by atoms with van der Waals surface area (Å²) in [6.45, 7) is 5.23. The molecule has 0 saturated carbocycles. The Morgan fingerprint density at radius 3 is 1.67 bits per heavy atom. The van der Waals surface area contributed by atoms with Gasteiger partial charge in [-0.3, -0.25) is 0 Å². The van der Waals surface area contributed by atoms with Gasteiger partial charge in [-0.1, -0.05) is 91.0 Å². The van der Waals surface area contributed by atoms with Crippen molar-refractivity contribution in [1.82, 2.24) is 0 Å². The molecule has 1 aliphatic heterocycles. The standard InChI is InChI=1S/C30H36O6/c1-22(2)35-30-27(31)29(34-20-25-16-10-5-11-17-25)28(33-19-24-14-8-4-9-15-24)26(36-30)21-32-18-23-12-6-3-7-13-23/h3-17,22,26-31H,18-21H2,1-2H3/t26-,27+,28-,29-,30+/m1/s1. The first-order valence-electron chi connectivity index (χ1n) is 12.5. The van der Waals surface area contributed by atoms with Crippen molar-refractivity contribution in [3.63, 3.8) is 0 Å². The van der Waals surface area contributed by atoms with Crippen molar-refractivity contribution >= 4 is 0 Å². The van der Waals surface area contributed by atoms with Gasteiger partial charge in [0.1, 0.15) is 24.4 Å². The van der Waals surface area contributed by atoms with E-state index in [4.69, 9.17) is 23.7 Å². The van der Waals surface area contributed by atoms with Gasteiger partial charge in [0.25, 0.3) is 0 Å². The minimum absolute atomic E-state index is 0.132. The van der Waals surface area contributed by atoms with Crippen LogP contribution < -0.4 is 0 Å². The van der Waals surface area contributed by atoms with E-state index >= 15 is 0 Å². The number of hydrogen-bond donors (Lipinski definition) is 1. The van der Waals surface area contributed by atoms with Crippen molar-refractivity contribution < 1.29 is 28.8 Å². The molecular weight excluding hydrogens is 456 g/mol. The van der Waals surface area contributed by atoms with Gasteiger partial charge in [-0.2, -0.15) is 0 Å². The molecular formula is C30H36O6. The highest BCUT2D eigenvalue weighted by molar-refractivity contribution is 5.15. The molecule has 4 rings (SSSR count). The molecule has 0 radical (unpaired) electrons. The molecule has 0 aliphatic carbocycles. The Labute approximate surface area is 213 Å². The predicted octanol–water partition coefficient (Wildman–Crippen LogP) is 4.88. The van der Waals surface area contributed by atoms with Gasteiger partial charge < -0.3 is 28.8 Å². The van der Waals surface area contributed by atoms with Gasteiger partial charge in [-0.25, -0.2) is 0 Å². The summed E-state index contributed by atoms with van der Waals surface area (Å²) in [5.41, 5.74) is 3.11. The largest absolute Gasteiger partial charge is 0.385 e. The summed E-state index contributed by atoms with van der Waals surface area (Å²) in [6.07, 6.45) is -3.74. The fraction of sp³-hybridized carbons (Fsp3) is 0.400. The molecule has 3 aromatic carbocycles. The summed E-state index contributed by atoms with van der Waals surface area (Å²) in [6, 6.07) is 29.8. The first-order valence-corrected chi connectivity index (χ1v) is 12.5. The second kappa shape index (κ2) is 13.7. The number of hydrogen-bond acceptors (Lipinski definition) is 6. The zero-order chi connectivity index (χ0) is 25.2. The molecule has 1 aliphatic rings. The maximum absolute atomic E-state index is 11.2. The van der Waals surface area contributed by atoms with Gasteiger partial charge in [-0.15, -0.1) is 0 Å². The molecule has 1 heterocycles. The first-order chi connectivity index (χ1) is 17.6. The number of ether oxygens (including phenoxy) is 5. The molecule has 1 fully saturated rings. The second-order valence-electron chi connectivity index (χ2n) is 9.24. The fourth-order valence-corrected chi connectivity index (χ4v) is 4.20. The van der Waals surface area contributed by atoms with Crippen LogP contribution in [0.2, 0.25) is 0 Å². The van der Waals surface area contributed by atoms with E-state index in [0.29, 0.717) is 19.8 Å². The highest BCUT2D eigenvalue weighted by atomic mass is 16.7. The van der Waals surface area contributed by atoms with Crippen LogP contribution in [0.4, 0.5) is 0 Å². The van der Waals surface area contributed by atoms with Crippen LogP contribution in [0.3, 0.4) is 0 Å². The maximum atomic E-state index is 11.2. The Kier molecular flexibility index (Phi) is 10.0. The Morgan fingerprint density at radius 2 is 1.17 bits per heavy atom. The Morgan fingerprint density at radius 1 is 0.694 bits per heavy atom. The minimum Gasteiger partial charge on any atom is -0.385 e. The lowest BCUT2D eigenvalue weighted by Gasteiger charge is -2.44. The summed E-state index contributed by atoms with van der Waals surface area (Å²) in [7, 11) is 0. The average molecular weight is 493 g/mol. The quantitative estimate of drug-likeness (QED) is 0.389. The third-order valence-electron chi connectivity index (χ3n) is 5.99. The molecule has 0 spiro atoms. The van der Waals surface area contributed by atoms with Crippen LogP contribution in [0, 0.1) is 0 Å². The molecule has 1 N–H and O–H groups in total. The van der Waals surface area contributed by atoms with Crippen molar-refractivity contribution in [3.8, 4) is 0 Å². The molecule has 5 atom stereocenters. The van der Waals surface area contributed by atoms with E-state index in [9.17, 15) is 5.11 Å². The zero-order valence-corrected chi connectivity index (χ0v) is 20.9. The first kappa shape index (κ1) is 26.5. The number of aliphatic hydroxyl groups is 1. The van der Waals surface area contributed by atoms with Crippen LogP contribution in [0.1, 0.15) is 30.5 Å². The van der Waals surface area contributed by atoms with Gasteiger partial charge in [0.2, 0.25) is 0 Å². The van der Waals surface area contributed by atoms with Crippen molar-refractivity contribution in [2.45, 2.75) is 70.5 Å². The molecule has 0 unspecified atom stereocenters. The molecule has 36 heavy (non-hydrogen) atoms. The van der Waals surface area contributed by atoms with Crippen LogP contribution in [-0.4, -0.2) is 48.5 Å². The van der Waals surface area contributed by atoms with Crippen LogP contribution in [-0.2, 0) is 43.5 Å². The molecule has 6 heteroatoms. The van der Waals surface area contributed by atoms with Crippen molar-refractivity contribution in [3.05, 3.63) is 108 Å². The van der Waals surface area contributed by atoms with E-state index in [0.717, 1.165) is 16.7 Å². The van der Waals surface area contributed by atoms with E-state index in [1.807, 2.05) is 105 Å². The van der Waals surface area contributed by atoms with Gasteiger partial charge in [0.05, 0.1) is 32.5 Å². The number of aliphatic hydroxyl groups excluding tert-OH is 1. The molecule has 0 bridgehead atoms. The lowest BCUT2D eigenvalue weighted by molar-refractivity contribution is -0.325. The third-order valence-corrected chi connectivity index (χ3v) is 5.99. The Bertz CT molecular complexity index is 998. The van der Waals surface area contributed by atoms with Gasteiger partial charge in [-0.05, 0) is 30.5 Å². The monoisotopic (exact) mass is 492 g/mol. The highest BCUT2D eigenvalue weighted by Gasteiger charge is 2.47. The summed E-state index contributed by atoms with van der Waals surface area (Å²) >= 11 is 0. The maximum Gasteiger partial charge on any atom is 0.186 e. The summed E-state index contributed by atoms with van der Waals surface area (Å²) in [4.78, 5) is 0. The predicted molar refractivity (Wildman–Crippen MR) is 137 cm³/mol. The lowest BCUT2D eigenvalue weighted by atomic mass is 9.98. The van der Waals surface area contributed by atoms with Crippen molar-refractivity contribution in [2.24, 2.45) is 0 Å². The zero-order valence-electron chi connectivity index (χ0n) is 20.9. The molecule has 0 aromatic heterocycles. The molecule has 192 valence electrons. The third kappa shape index (κ3) is 7.71. The van der Waals surface area contributed by atoms with Crippen molar-refractivity contribution in [1.29, 1.82) is 0 Å². The number of rotatable bonds is 12. The topological polar surface area (TPSA) is 66.4 Å². The smallest absolute Gasteiger partial charge is 0.186 e. The van der Waals surface area contributed by atoms with E-state index in [-0.39, 0.29) is 12.7 Å². The molecule has 0 amide bonds. The van der Waals surface area contributed by atoms with E-state index in [1.165, 1.54) is 0 Å². The second-order valence-corrected chi connectivity index (χ2v) is 9.24. The molecule has 3 aromatic rings. The fourth-order valence-electron chi connectivity index (χ4n) is 4.20. The Hall–Kier alpha value is -2.58. The van der Waals surface area contributed by atoms with Crippen LogP contribution in [0.5, 0.6) is 0 Å². The number of benzene rings is 3. The van der Waals surface area contributed by atoms with Gasteiger partial charge in [0.15, 0.2) is 6.29 Å². The SMILES string of the molecule is CC(C)O[C@H]1O[C@H](COCc2ccccc2)[C@@H](OCc2ccccc2)[C@H](OCc2ccccc2)[C@@H]1O. The average Bonchev–Trinajstić information content (AvgIpc) is 2.90. The van der Waals surface area contributed by atoms with E-state index in [1.54, 1.807) is 0 Å². The van der Waals surface area contributed by atoms with E-state index in [2.05, 4.69) is 0 Å². The summed E-state index contributed by atoms with van der Waals surface area (Å²) in [5.74, 6) is 0.